The third-order valence-electron chi connectivity index (χ3n) is 4.90. The van der Waals surface area contributed by atoms with Gasteiger partial charge in [0.1, 0.15) is 0 Å². The Hall–Kier alpha value is -0.660. The van der Waals surface area contributed by atoms with Crippen molar-refractivity contribution in [2.45, 2.75) is 39.0 Å². The Kier molecular flexibility index (Phi) is 6.65. The van der Waals surface area contributed by atoms with Crippen LogP contribution < -0.4 is 10.2 Å². The number of amides is 1. The molecule has 0 atom stereocenters. The minimum atomic E-state index is -3.10. The minimum Gasteiger partial charge on any atom is -0.356 e. The summed E-state index contributed by atoms with van der Waals surface area (Å²) < 4.78 is 25.1. The first-order valence-electron chi connectivity index (χ1n) is 8.62. The molecule has 0 aromatic carbocycles. The summed E-state index contributed by atoms with van der Waals surface area (Å²) in [5.41, 5.74) is 0. The third-order valence-corrected chi connectivity index (χ3v) is 6.78. The lowest BCUT2D eigenvalue weighted by molar-refractivity contribution is -0.887. The Bertz CT molecular complexity index is 453. The highest BCUT2D eigenvalue weighted by Crippen LogP contribution is 2.19. The van der Waals surface area contributed by atoms with Crippen molar-refractivity contribution in [3.8, 4) is 0 Å². The third kappa shape index (κ3) is 4.93. The van der Waals surface area contributed by atoms with Crippen molar-refractivity contribution in [1.82, 2.24) is 9.62 Å². The molecule has 22 heavy (non-hydrogen) atoms. The maximum absolute atomic E-state index is 12.1. The molecule has 6 nitrogen and oxygen atoms in total. The summed E-state index contributed by atoms with van der Waals surface area (Å²) in [6, 6.07) is 0. The highest BCUT2D eigenvalue weighted by atomic mass is 32.2. The number of rotatable bonds is 7. The quantitative estimate of drug-likeness (QED) is 0.602. The van der Waals surface area contributed by atoms with E-state index in [-0.39, 0.29) is 17.6 Å². The molecule has 2 saturated heterocycles. The van der Waals surface area contributed by atoms with Gasteiger partial charge in [0.15, 0.2) is 0 Å². The van der Waals surface area contributed by atoms with E-state index in [2.05, 4.69) is 5.32 Å². The molecule has 0 bridgehead atoms. The molecule has 0 aliphatic carbocycles. The number of hydrogen-bond donors (Lipinski definition) is 2. The van der Waals surface area contributed by atoms with Gasteiger partial charge < -0.3 is 10.2 Å². The molecule has 0 spiro atoms. The lowest BCUT2D eigenvalue weighted by Gasteiger charge is -2.30. The lowest BCUT2D eigenvalue weighted by atomic mass is 9.97. The molecule has 0 unspecified atom stereocenters. The standard InChI is InChI=1S/C15H29N3O3S/c1-2-22(20,21)18-12-6-14(7-13-18)15(19)16-8-5-11-17-9-3-4-10-17/h14H,2-13H2,1H3,(H,16,19)/p+1. The second-order valence-corrected chi connectivity index (χ2v) is 8.68. The molecular formula is C15H30N3O3S+. The van der Waals surface area contributed by atoms with Crippen LogP contribution in [0.5, 0.6) is 0 Å². The Morgan fingerprint density at radius 3 is 2.45 bits per heavy atom. The molecule has 0 saturated carbocycles. The summed E-state index contributed by atoms with van der Waals surface area (Å²) in [6.07, 6.45) is 4.98. The topological polar surface area (TPSA) is 70.9 Å². The second-order valence-electron chi connectivity index (χ2n) is 6.43. The molecule has 0 radical (unpaired) electrons. The number of carbonyl (C=O) groups excluding carboxylic acids is 1. The van der Waals surface area contributed by atoms with Gasteiger partial charge in [-0.15, -0.1) is 0 Å². The highest BCUT2D eigenvalue weighted by molar-refractivity contribution is 7.89. The first kappa shape index (κ1) is 17.7. The summed E-state index contributed by atoms with van der Waals surface area (Å²) in [4.78, 5) is 13.8. The predicted molar refractivity (Wildman–Crippen MR) is 86.2 cm³/mol. The molecule has 2 N–H and O–H groups in total. The summed E-state index contributed by atoms with van der Waals surface area (Å²) in [6.45, 7) is 7.06. The van der Waals surface area contributed by atoms with Crippen molar-refractivity contribution in [2.75, 3.05) is 45.0 Å². The van der Waals surface area contributed by atoms with Crippen molar-refractivity contribution in [1.29, 1.82) is 0 Å². The van der Waals surface area contributed by atoms with Gasteiger partial charge in [0.25, 0.3) is 0 Å². The van der Waals surface area contributed by atoms with E-state index in [0.29, 0.717) is 25.9 Å². The van der Waals surface area contributed by atoms with Crippen LogP contribution in [0.3, 0.4) is 0 Å². The summed E-state index contributed by atoms with van der Waals surface area (Å²) in [7, 11) is -3.10. The van der Waals surface area contributed by atoms with Crippen LogP contribution in [0.1, 0.15) is 39.0 Å². The maximum atomic E-state index is 12.1. The molecule has 2 rings (SSSR count). The number of likely N-dealkylation sites (tertiary alicyclic amines) is 1. The van der Waals surface area contributed by atoms with Crippen LogP contribution in [-0.4, -0.2) is 63.7 Å². The van der Waals surface area contributed by atoms with Gasteiger partial charge in [-0.1, -0.05) is 0 Å². The molecule has 0 aromatic heterocycles. The van der Waals surface area contributed by atoms with E-state index in [1.807, 2.05) is 0 Å². The molecular weight excluding hydrogens is 302 g/mol. The molecule has 2 heterocycles. The number of sulfonamides is 1. The largest absolute Gasteiger partial charge is 0.356 e. The van der Waals surface area contributed by atoms with Crippen LogP contribution in [-0.2, 0) is 14.8 Å². The van der Waals surface area contributed by atoms with Crippen molar-refractivity contribution in [2.24, 2.45) is 5.92 Å². The van der Waals surface area contributed by atoms with E-state index in [0.717, 1.165) is 19.5 Å². The van der Waals surface area contributed by atoms with Crippen molar-refractivity contribution in [3.63, 3.8) is 0 Å². The molecule has 2 aliphatic heterocycles. The lowest BCUT2D eigenvalue weighted by Crippen LogP contribution is -3.10. The van der Waals surface area contributed by atoms with Crippen molar-refractivity contribution < 1.29 is 18.1 Å². The predicted octanol–water partition coefficient (Wildman–Crippen LogP) is -0.767. The zero-order valence-electron chi connectivity index (χ0n) is 13.6. The van der Waals surface area contributed by atoms with Crippen molar-refractivity contribution in [3.05, 3.63) is 0 Å². The maximum Gasteiger partial charge on any atom is 0.223 e. The van der Waals surface area contributed by atoms with Crippen LogP contribution in [0, 0.1) is 5.92 Å². The fraction of sp³-hybridized carbons (Fsp3) is 0.933. The Morgan fingerprint density at radius 1 is 1.23 bits per heavy atom. The zero-order valence-corrected chi connectivity index (χ0v) is 14.5. The Balaban J connectivity index is 1.62. The number of nitrogens with zero attached hydrogens (tertiary/aromatic N) is 1. The van der Waals surface area contributed by atoms with E-state index in [1.54, 1.807) is 11.8 Å². The Morgan fingerprint density at radius 2 is 1.86 bits per heavy atom. The van der Waals surface area contributed by atoms with Gasteiger partial charge in [-0.3, -0.25) is 4.79 Å². The molecule has 128 valence electrons. The summed E-state index contributed by atoms with van der Waals surface area (Å²) >= 11 is 0. The van der Waals surface area contributed by atoms with Gasteiger partial charge in [0, 0.05) is 44.8 Å². The normalized spacial score (nSPS) is 22.0. The van der Waals surface area contributed by atoms with Gasteiger partial charge in [0.2, 0.25) is 15.9 Å². The first-order valence-corrected chi connectivity index (χ1v) is 10.2. The smallest absolute Gasteiger partial charge is 0.223 e. The summed E-state index contributed by atoms with van der Waals surface area (Å²) in [5.74, 6) is 0.218. The van der Waals surface area contributed by atoms with E-state index < -0.39 is 10.0 Å². The van der Waals surface area contributed by atoms with Gasteiger partial charge in [-0.05, 0) is 19.8 Å². The van der Waals surface area contributed by atoms with Gasteiger partial charge >= 0.3 is 0 Å². The van der Waals surface area contributed by atoms with Crippen LogP contribution in [0.4, 0.5) is 0 Å². The van der Waals surface area contributed by atoms with Gasteiger partial charge in [-0.2, -0.15) is 0 Å². The van der Waals surface area contributed by atoms with E-state index in [1.165, 1.54) is 30.2 Å². The van der Waals surface area contributed by atoms with E-state index in [4.69, 9.17) is 0 Å². The average Bonchev–Trinajstić information content (AvgIpc) is 3.05. The van der Waals surface area contributed by atoms with Crippen LogP contribution in [0.15, 0.2) is 0 Å². The number of nitrogens with one attached hydrogen (secondary N) is 2. The fourth-order valence-corrected chi connectivity index (χ4v) is 4.53. The monoisotopic (exact) mass is 332 g/mol. The van der Waals surface area contributed by atoms with E-state index in [9.17, 15) is 13.2 Å². The minimum absolute atomic E-state index is 0.0255. The van der Waals surface area contributed by atoms with E-state index >= 15 is 0 Å². The molecule has 7 heteroatoms. The van der Waals surface area contributed by atoms with Crippen LogP contribution >= 0.6 is 0 Å². The number of quaternary nitrogens is 1. The fourth-order valence-electron chi connectivity index (χ4n) is 3.40. The molecule has 2 aliphatic rings. The Labute approximate surface area is 134 Å². The van der Waals surface area contributed by atoms with Gasteiger partial charge in [0.05, 0.1) is 25.4 Å². The van der Waals surface area contributed by atoms with Crippen LogP contribution in [0.25, 0.3) is 0 Å². The van der Waals surface area contributed by atoms with Crippen LogP contribution in [0.2, 0.25) is 0 Å². The SMILES string of the molecule is CCS(=O)(=O)N1CCC(C(=O)NCCC[NH+]2CCCC2)CC1. The highest BCUT2D eigenvalue weighted by Gasteiger charge is 2.29. The van der Waals surface area contributed by atoms with Gasteiger partial charge in [-0.25, -0.2) is 12.7 Å². The number of hydrogen-bond acceptors (Lipinski definition) is 3. The summed E-state index contributed by atoms with van der Waals surface area (Å²) in [5, 5.41) is 3.02. The number of carbonyl (C=O) groups is 1. The molecule has 2 fully saturated rings. The molecule has 0 aromatic rings. The zero-order chi connectivity index (χ0) is 16.0. The molecule has 1 amide bonds. The van der Waals surface area contributed by atoms with Crippen molar-refractivity contribution >= 4 is 15.9 Å². The first-order chi connectivity index (χ1) is 10.5. The second kappa shape index (κ2) is 8.26. The number of piperidine rings is 1. The average molecular weight is 332 g/mol.